The molecular formula is C13H13F4NO3. The standard InChI is InChI=1S/C13H13F4NO3/c1-12(2,11(20)21)18(3)10(19)7-4-5-9(14)8(6-7)13(15,16)17/h4-6H,1-3H3,(H,20,21). The van der Waals surface area contributed by atoms with Gasteiger partial charge in [-0.2, -0.15) is 13.2 Å². The smallest absolute Gasteiger partial charge is 0.419 e. The molecule has 1 amide bonds. The number of likely N-dealkylation sites (N-methyl/N-ethyl adjacent to an activating group) is 1. The van der Waals surface area contributed by atoms with Crippen LogP contribution in [0.4, 0.5) is 17.6 Å². The van der Waals surface area contributed by atoms with Crippen molar-refractivity contribution in [2.24, 2.45) is 0 Å². The van der Waals surface area contributed by atoms with E-state index in [2.05, 4.69) is 0 Å². The van der Waals surface area contributed by atoms with Crippen LogP contribution in [0.3, 0.4) is 0 Å². The Kier molecular flexibility index (Phi) is 4.31. The van der Waals surface area contributed by atoms with Crippen molar-refractivity contribution in [3.05, 3.63) is 35.1 Å². The molecule has 0 aliphatic rings. The first-order chi connectivity index (χ1) is 9.39. The van der Waals surface area contributed by atoms with Crippen LogP contribution in [-0.2, 0) is 11.0 Å². The molecule has 0 heterocycles. The van der Waals surface area contributed by atoms with E-state index in [9.17, 15) is 27.2 Å². The monoisotopic (exact) mass is 307 g/mol. The van der Waals surface area contributed by atoms with Gasteiger partial charge in [0.05, 0.1) is 5.56 Å². The van der Waals surface area contributed by atoms with Gasteiger partial charge in [-0.1, -0.05) is 0 Å². The zero-order valence-electron chi connectivity index (χ0n) is 11.5. The average Bonchev–Trinajstić information content (AvgIpc) is 2.35. The predicted molar refractivity (Wildman–Crippen MR) is 65.2 cm³/mol. The molecule has 1 aromatic carbocycles. The second-order valence-corrected chi connectivity index (χ2v) is 4.92. The fourth-order valence-electron chi connectivity index (χ4n) is 1.47. The second-order valence-electron chi connectivity index (χ2n) is 4.92. The number of hydrogen-bond acceptors (Lipinski definition) is 2. The van der Waals surface area contributed by atoms with E-state index in [0.717, 1.165) is 18.0 Å². The third-order valence-corrected chi connectivity index (χ3v) is 3.19. The Morgan fingerprint density at radius 3 is 2.14 bits per heavy atom. The normalized spacial score (nSPS) is 12.1. The molecular weight excluding hydrogens is 294 g/mol. The topological polar surface area (TPSA) is 57.6 Å². The Bertz CT molecular complexity index is 581. The van der Waals surface area contributed by atoms with Crippen molar-refractivity contribution in [1.29, 1.82) is 0 Å². The second kappa shape index (κ2) is 5.34. The van der Waals surface area contributed by atoms with Crippen LogP contribution in [0.1, 0.15) is 29.8 Å². The van der Waals surface area contributed by atoms with E-state index in [4.69, 9.17) is 5.11 Å². The Hall–Kier alpha value is -2.12. The number of benzene rings is 1. The summed E-state index contributed by atoms with van der Waals surface area (Å²) in [5.74, 6) is -3.77. The van der Waals surface area contributed by atoms with Crippen molar-refractivity contribution in [3.63, 3.8) is 0 Å². The van der Waals surface area contributed by atoms with Crippen molar-refractivity contribution in [2.45, 2.75) is 25.6 Å². The van der Waals surface area contributed by atoms with Crippen LogP contribution in [0.2, 0.25) is 0 Å². The number of nitrogens with zero attached hydrogens (tertiary/aromatic N) is 1. The number of carbonyl (C=O) groups is 2. The lowest BCUT2D eigenvalue weighted by Crippen LogP contribution is -2.50. The molecule has 0 radical (unpaired) electrons. The number of rotatable bonds is 3. The molecule has 4 nitrogen and oxygen atoms in total. The Labute approximate surface area is 118 Å². The lowest BCUT2D eigenvalue weighted by Gasteiger charge is -2.31. The minimum absolute atomic E-state index is 0.367. The molecule has 0 atom stereocenters. The van der Waals surface area contributed by atoms with Gasteiger partial charge < -0.3 is 10.0 Å². The highest BCUT2D eigenvalue weighted by molar-refractivity contribution is 5.97. The first-order valence-corrected chi connectivity index (χ1v) is 5.77. The molecule has 1 aromatic rings. The van der Waals surface area contributed by atoms with Gasteiger partial charge in [-0.25, -0.2) is 9.18 Å². The maximum absolute atomic E-state index is 13.2. The molecule has 116 valence electrons. The van der Waals surface area contributed by atoms with Crippen LogP contribution in [0.25, 0.3) is 0 Å². The van der Waals surface area contributed by atoms with Crippen LogP contribution < -0.4 is 0 Å². The predicted octanol–water partition coefficient (Wildman–Crippen LogP) is 2.78. The highest BCUT2D eigenvalue weighted by Crippen LogP contribution is 2.32. The summed E-state index contributed by atoms with van der Waals surface area (Å²) in [5, 5.41) is 9.00. The van der Waals surface area contributed by atoms with Crippen molar-refractivity contribution >= 4 is 11.9 Å². The van der Waals surface area contributed by atoms with Gasteiger partial charge in [0.2, 0.25) is 0 Å². The van der Waals surface area contributed by atoms with E-state index in [1.807, 2.05) is 0 Å². The van der Waals surface area contributed by atoms with E-state index in [1.165, 1.54) is 13.8 Å². The Morgan fingerprint density at radius 1 is 1.19 bits per heavy atom. The lowest BCUT2D eigenvalue weighted by molar-refractivity contribution is -0.147. The van der Waals surface area contributed by atoms with Crippen LogP contribution >= 0.6 is 0 Å². The van der Waals surface area contributed by atoms with Gasteiger partial charge in [0.1, 0.15) is 11.4 Å². The SMILES string of the molecule is CN(C(=O)c1ccc(F)c(C(F)(F)F)c1)C(C)(C)C(=O)O. The summed E-state index contributed by atoms with van der Waals surface area (Å²) >= 11 is 0. The summed E-state index contributed by atoms with van der Waals surface area (Å²) < 4.78 is 50.9. The largest absolute Gasteiger partial charge is 0.480 e. The number of alkyl halides is 3. The number of amides is 1. The number of carboxylic acids is 1. The molecule has 0 aliphatic carbocycles. The van der Waals surface area contributed by atoms with E-state index in [-0.39, 0.29) is 0 Å². The first kappa shape index (κ1) is 16.9. The molecule has 0 bridgehead atoms. The van der Waals surface area contributed by atoms with Crippen molar-refractivity contribution in [1.82, 2.24) is 4.90 Å². The maximum atomic E-state index is 13.2. The minimum atomic E-state index is -4.94. The zero-order valence-corrected chi connectivity index (χ0v) is 11.5. The Balaban J connectivity index is 3.24. The Morgan fingerprint density at radius 2 is 1.71 bits per heavy atom. The van der Waals surface area contributed by atoms with E-state index in [0.29, 0.717) is 12.1 Å². The molecule has 8 heteroatoms. The summed E-state index contributed by atoms with van der Waals surface area (Å²) in [6.07, 6.45) is -4.94. The number of carbonyl (C=O) groups excluding carboxylic acids is 1. The van der Waals surface area contributed by atoms with E-state index in [1.54, 1.807) is 0 Å². The maximum Gasteiger partial charge on any atom is 0.419 e. The highest BCUT2D eigenvalue weighted by atomic mass is 19.4. The highest BCUT2D eigenvalue weighted by Gasteiger charge is 2.38. The van der Waals surface area contributed by atoms with Gasteiger partial charge in [-0.05, 0) is 32.0 Å². The average molecular weight is 307 g/mol. The molecule has 0 spiro atoms. The summed E-state index contributed by atoms with van der Waals surface area (Å²) in [5.41, 5.74) is -3.64. The summed E-state index contributed by atoms with van der Waals surface area (Å²) in [4.78, 5) is 23.9. The molecule has 1 N–H and O–H groups in total. The van der Waals surface area contributed by atoms with Crippen LogP contribution in [0, 0.1) is 5.82 Å². The van der Waals surface area contributed by atoms with Crippen molar-refractivity contribution < 1.29 is 32.3 Å². The number of hydrogen-bond donors (Lipinski definition) is 1. The van der Waals surface area contributed by atoms with Gasteiger partial charge >= 0.3 is 12.1 Å². The third-order valence-electron chi connectivity index (χ3n) is 3.19. The summed E-state index contributed by atoms with van der Waals surface area (Å²) in [7, 11) is 1.15. The fourth-order valence-corrected chi connectivity index (χ4v) is 1.47. The molecule has 0 aliphatic heterocycles. The van der Waals surface area contributed by atoms with Gasteiger partial charge in [0.15, 0.2) is 0 Å². The fraction of sp³-hybridized carbons (Fsp3) is 0.385. The summed E-state index contributed by atoms with van der Waals surface area (Å²) in [6, 6.07) is 1.77. The van der Waals surface area contributed by atoms with E-state index < -0.39 is 40.5 Å². The van der Waals surface area contributed by atoms with E-state index >= 15 is 0 Å². The zero-order chi connectivity index (χ0) is 16.6. The van der Waals surface area contributed by atoms with Gasteiger partial charge in [0, 0.05) is 12.6 Å². The molecule has 0 fully saturated rings. The van der Waals surface area contributed by atoms with Gasteiger partial charge in [-0.3, -0.25) is 4.79 Å². The number of carboxylic acid groups (broad SMARTS) is 1. The minimum Gasteiger partial charge on any atom is -0.480 e. The molecule has 0 aromatic heterocycles. The number of halogens is 4. The third kappa shape index (κ3) is 3.32. The van der Waals surface area contributed by atoms with Crippen LogP contribution in [-0.4, -0.2) is 34.5 Å². The molecule has 21 heavy (non-hydrogen) atoms. The molecule has 0 saturated carbocycles. The summed E-state index contributed by atoms with van der Waals surface area (Å²) in [6.45, 7) is 2.45. The van der Waals surface area contributed by atoms with Crippen molar-refractivity contribution in [3.8, 4) is 0 Å². The lowest BCUT2D eigenvalue weighted by atomic mass is 10.0. The first-order valence-electron chi connectivity index (χ1n) is 5.77. The van der Waals surface area contributed by atoms with Crippen LogP contribution in [0.15, 0.2) is 18.2 Å². The molecule has 0 unspecified atom stereocenters. The quantitative estimate of drug-likeness (QED) is 0.874. The molecule has 0 saturated heterocycles. The van der Waals surface area contributed by atoms with Crippen LogP contribution in [0.5, 0.6) is 0 Å². The van der Waals surface area contributed by atoms with Crippen molar-refractivity contribution in [2.75, 3.05) is 7.05 Å². The van der Waals surface area contributed by atoms with Gasteiger partial charge in [0.25, 0.3) is 5.91 Å². The number of aliphatic carboxylic acids is 1. The molecule has 1 rings (SSSR count). The van der Waals surface area contributed by atoms with Gasteiger partial charge in [-0.15, -0.1) is 0 Å².